The van der Waals surface area contributed by atoms with Gasteiger partial charge >= 0.3 is 0 Å². The van der Waals surface area contributed by atoms with Gasteiger partial charge in [0, 0.05) is 0 Å². The first-order valence-corrected chi connectivity index (χ1v) is 12.5. The predicted octanol–water partition coefficient (Wildman–Crippen LogP) is 4.51. The summed E-state index contributed by atoms with van der Waals surface area (Å²) in [6.07, 6.45) is 0.599. The van der Waals surface area contributed by atoms with Crippen LogP contribution in [0, 0.1) is 0 Å². The number of thioether (sulfide) groups is 1. The summed E-state index contributed by atoms with van der Waals surface area (Å²) in [6, 6.07) is 20.9. The van der Waals surface area contributed by atoms with Crippen molar-refractivity contribution in [3.63, 3.8) is 0 Å². The van der Waals surface area contributed by atoms with Crippen LogP contribution in [0.4, 0.5) is 0 Å². The molecule has 0 unspecified atom stereocenters. The molecule has 0 aliphatic carbocycles. The Hall–Kier alpha value is -4.11. The van der Waals surface area contributed by atoms with Gasteiger partial charge in [-0.2, -0.15) is 5.10 Å². The molecule has 0 saturated heterocycles. The van der Waals surface area contributed by atoms with Crippen LogP contribution >= 0.6 is 11.8 Å². The average Bonchev–Trinajstić information content (AvgIpc) is 2.90. The second-order valence-electron chi connectivity index (χ2n) is 7.76. The Labute approximate surface area is 212 Å². The first kappa shape index (κ1) is 25.0. The number of nitrogens with one attached hydrogen (secondary N) is 1. The van der Waals surface area contributed by atoms with Gasteiger partial charge in [0.1, 0.15) is 11.5 Å². The van der Waals surface area contributed by atoms with E-state index in [2.05, 4.69) is 15.5 Å². The van der Waals surface area contributed by atoms with Crippen LogP contribution in [0.5, 0.6) is 11.5 Å². The predicted molar refractivity (Wildman–Crippen MR) is 142 cm³/mol. The van der Waals surface area contributed by atoms with Crippen LogP contribution < -0.4 is 15.7 Å². The lowest BCUT2D eigenvalue weighted by atomic mass is 10.1. The minimum atomic E-state index is -0.328. The molecule has 8 nitrogen and oxygen atoms in total. The third-order valence-corrected chi connectivity index (χ3v) is 6.27. The van der Waals surface area contributed by atoms with Crippen molar-refractivity contribution in [2.75, 3.05) is 12.4 Å². The largest absolute Gasteiger partial charge is 0.508 e. The molecule has 184 valence electrons. The smallest absolute Gasteiger partial charge is 0.266 e. The normalized spacial score (nSPS) is 11.4. The number of para-hydroxylation sites is 1. The number of hydrogen-bond acceptors (Lipinski definition) is 7. The van der Waals surface area contributed by atoms with Crippen molar-refractivity contribution < 1.29 is 14.6 Å². The molecular formula is C27H26N4O4S. The number of rotatable bonds is 9. The number of benzene rings is 3. The highest BCUT2D eigenvalue weighted by Crippen LogP contribution is 2.23. The van der Waals surface area contributed by atoms with Gasteiger partial charge in [-0.05, 0) is 79.6 Å². The summed E-state index contributed by atoms with van der Waals surface area (Å²) in [5.41, 5.74) is 5.05. The molecule has 1 heterocycles. The van der Waals surface area contributed by atoms with Gasteiger partial charge in [0.05, 0.1) is 34.7 Å². The fraction of sp³-hybridized carbons (Fsp3) is 0.185. The Morgan fingerprint density at radius 3 is 2.47 bits per heavy atom. The van der Waals surface area contributed by atoms with Crippen molar-refractivity contribution in [3.8, 4) is 17.2 Å². The van der Waals surface area contributed by atoms with Gasteiger partial charge in [0.15, 0.2) is 5.16 Å². The maximum atomic E-state index is 13.4. The van der Waals surface area contributed by atoms with Crippen molar-refractivity contribution in [1.29, 1.82) is 0 Å². The third kappa shape index (κ3) is 5.75. The number of carbonyl (C=O) groups is 1. The number of phenolic OH excluding ortho intramolecular Hbond substituents is 1. The molecule has 0 fully saturated rings. The highest BCUT2D eigenvalue weighted by atomic mass is 32.2. The number of ether oxygens (including phenoxy) is 1. The second kappa shape index (κ2) is 11.5. The number of aromatic hydroxyl groups is 1. The molecule has 36 heavy (non-hydrogen) atoms. The van der Waals surface area contributed by atoms with Gasteiger partial charge in [-0.1, -0.05) is 30.8 Å². The van der Waals surface area contributed by atoms with Crippen LogP contribution in [0.1, 0.15) is 25.8 Å². The molecule has 0 aliphatic heterocycles. The summed E-state index contributed by atoms with van der Waals surface area (Å²) >= 11 is 1.16. The second-order valence-corrected chi connectivity index (χ2v) is 8.70. The molecule has 2 N–H and O–H groups in total. The zero-order chi connectivity index (χ0) is 25.5. The minimum Gasteiger partial charge on any atom is -0.508 e. The average molecular weight is 503 g/mol. The lowest BCUT2D eigenvalue weighted by molar-refractivity contribution is -0.118. The van der Waals surface area contributed by atoms with Gasteiger partial charge < -0.3 is 9.84 Å². The molecule has 1 aromatic heterocycles. The lowest BCUT2D eigenvalue weighted by Gasteiger charge is -2.13. The van der Waals surface area contributed by atoms with E-state index in [1.807, 2.05) is 19.9 Å². The zero-order valence-electron chi connectivity index (χ0n) is 20.0. The molecule has 1 amide bonds. The van der Waals surface area contributed by atoms with Crippen LogP contribution in [0.3, 0.4) is 0 Å². The summed E-state index contributed by atoms with van der Waals surface area (Å²) in [7, 11) is 0. The number of aromatic nitrogens is 2. The Bertz CT molecular complexity index is 1450. The standard InChI is InChI=1S/C27H26N4O4S/c1-3-23(18-9-13-20(32)14-10-18)29-30-25(33)17-36-27-28-24-8-6-5-7-22(24)26(34)31(27)19-11-15-21(16-12-19)35-4-2/h5-16,32H,3-4,17H2,1-2H3,(H,30,33). The summed E-state index contributed by atoms with van der Waals surface area (Å²) in [4.78, 5) is 30.7. The van der Waals surface area contributed by atoms with Crippen LogP contribution in [0.2, 0.25) is 0 Å². The van der Waals surface area contributed by atoms with Gasteiger partial charge in [0.25, 0.3) is 11.5 Å². The van der Waals surface area contributed by atoms with E-state index >= 15 is 0 Å². The van der Waals surface area contributed by atoms with E-state index in [1.165, 1.54) is 4.57 Å². The summed E-state index contributed by atoms with van der Waals surface area (Å²) < 4.78 is 7.02. The zero-order valence-corrected chi connectivity index (χ0v) is 20.8. The fourth-order valence-corrected chi connectivity index (χ4v) is 4.39. The van der Waals surface area contributed by atoms with Gasteiger partial charge in [0.2, 0.25) is 0 Å². The van der Waals surface area contributed by atoms with Crippen LogP contribution in [0.15, 0.2) is 87.8 Å². The first-order valence-electron chi connectivity index (χ1n) is 11.5. The molecule has 3 aromatic carbocycles. The van der Waals surface area contributed by atoms with Crippen LogP contribution in [-0.2, 0) is 4.79 Å². The summed E-state index contributed by atoms with van der Waals surface area (Å²) in [5.74, 6) is 0.550. The molecule has 0 saturated carbocycles. The molecule has 4 rings (SSSR count). The van der Waals surface area contributed by atoms with E-state index in [1.54, 1.807) is 66.7 Å². The number of hydrazone groups is 1. The molecule has 4 aromatic rings. The van der Waals surface area contributed by atoms with Gasteiger partial charge in [-0.3, -0.25) is 14.2 Å². The number of amides is 1. The summed E-state index contributed by atoms with van der Waals surface area (Å²) in [5, 5.41) is 14.6. The number of fused-ring (bicyclic) bond motifs is 1. The van der Waals surface area contributed by atoms with Crippen LogP contribution in [-0.4, -0.2) is 38.6 Å². The molecule has 9 heteroatoms. The van der Waals surface area contributed by atoms with Gasteiger partial charge in [-0.25, -0.2) is 10.4 Å². The van der Waals surface area contributed by atoms with E-state index in [-0.39, 0.29) is 23.0 Å². The van der Waals surface area contributed by atoms with E-state index in [0.717, 1.165) is 17.3 Å². The molecular weight excluding hydrogens is 476 g/mol. The molecule has 0 radical (unpaired) electrons. The Balaban J connectivity index is 1.58. The number of carbonyl (C=O) groups excluding carboxylic acids is 1. The van der Waals surface area contributed by atoms with Crippen molar-refractivity contribution in [2.24, 2.45) is 5.10 Å². The van der Waals surface area contributed by atoms with E-state index in [4.69, 9.17) is 4.74 Å². The lowest BCUT2D eigenvalue weighted by Crippen LogP contribution is -2.24. The molecule has 0 atom stereocenters. The maximum absolute atomic E-state index is 13.4. The molecule has 0 aliphatic rings. The fourth-order valence-electron chi connectivity index (χ4n) is 3.59. The van der Waals surface area contributed by atoms with Crippen molar-refractivity contribution in [3.05, 3.63) is 88.7 Å². The summed E-state index contributed by atoms with van der Waals surface area (Å²) in [6.45, 7) is 4.38. The van der Waals surface area contributed by atoms with Crippen LogP contribution in [0.25, 0.3) is 16.6 Å². The SMILES string of the molecule is CCOc1ccc(-n2c(SCC(=O)NN=C(CC)c3ccc(O)cc3)nc3ccccc3c2=O)cc1. The molecule has 0 bridgehead atoms. The van der Waals surface area contributed by atoms with Crippen molar-refractivity contribution in [2.45, 2.75) is 25.4 Å². The highest BCUT2D eigenvalue weighted by Gasteiger charge is 2.15. The van der Waals surface area contributed by atoms with E-state index < -0.39 is 0 Å². The Morgan fingerprint density at radius 1 is 1.06 bits per heavy atom. The monoisotopic (exact) mass is 502 g/mol. The highest BCUT2D eigenvalue weighted by molar-refractivity contribution is 7.99. The van der Waals surface area contributed by atoms with Crippen molar-refractivity contribution >= 4 is 34.3 Å². The number of nitrogens with zero attached hydrogens (tertiary/aromatic N) is 3. The van der Waals surface area contributed by atoms with E-state index in [0.29, 0.717) is 46.2 Å². The Morgan fingerprint density at radius 2 is 1.78 bits per heavy atom. The first-order chi connectivity index (χ1) is 17.5. The third-order valence-electron chi connectivity index (χ3n) is 5.33. The minimum absolute atomic E-state index is 0.0118. The van der Waals surface area contributed by atoms with Crippen molar-refractivity contribution in [1.82, 2.24) is 15.0 Å². The Kier molecular flexibility index (Phi) is 8.02. The number of phenols is 1. The topological polar surface area (TPSA) is 106 Å². The van der Waals surface area contributed by atoms with E-state index in [9.17, 15) is 14.7 Å². The maximum Gasteiger partial charge on any atom is 0.266 e. The molecule has 0 spiro atoms. The quantitative estimate of drug-likeness (QED) is 0.151. The number of hydrogen-bond donors (Lipinski definition) is 2. The van der Waals surface area contributed by atoms with Gasteiger partial charge in [-0.15, -0.1) is 0 Å².